The van der Waals surface area contributed by atoms with Gasteiger partial charge in [-0.3, -0.25) is 5.43 Å². The molecule has 0 aliphatic carbocycles. The number of nitrogens with zero attached hydrogens (tertiary/aromatic N) is 2. The first-order valence-electron chi connectivity index (χ1n) is 6.29. The van der Waals surface area contributed by atoms with Crippen LogP contribution in [-0.4, -0.2) is 16.5 Å². The number of ether oxygens (including phenoxy) is 1. The molecule has 0 aliphatic rings. The smallest absolute Gasteiger partial charge is 0.184 e. The lowest BCUT2D eigenvalue weighted by atomic mass is 10.2. The summed E-state index contributed by atoms with van der Waals surface area (Å²) < 4.78 is 10.8. The molecule has 1 aromatic heterocycles. The number of rotatable bonds is 5. The first kappa shape index (κ1) is 15.0. The Hall–Kier alpha value is -2.41. The van der Waals surface area contributed by atoms with Crippen LogP contribution in [0.2, 0.25) is 0 Å². The average molecular weight is 304 g/mol. The van der Waals surface area contributed by atoms with Crippen LogP contribution in [0.4, 0.5) is 0 Å². The molecule has 2 rings (SSSR count). The van der Waals surface area contributed by atoms with E-state index in [0.717, 1.165) is 28.3 Å². The molecule has 0 amide bonds. The van der Waals surface area contributed by atoms with Gasteiger partial charge in [-0.05, 0) is 43.8 Å². The largest absolute Gasteiger partial charge is 0.489 e. The quantitative estimate of drug-likeness (QED) is 0.499. The molecule has 21 heavy (non-hydrogen) atoms. The Kier molecular flexibility index (Phi) is 4.89. The number of thiocarbonyl (C=S) groups is 1. The fourth-order valence-electron chi connectivity index (χ4n) is 1.72. The van der Waals surface area contributed by atoms with E-state index in [1.165, 1.54) is 0 Å². The minimum absolute atomic E-state index is 0.122. The van der Waals surface area contributed by atoms with Crippen molar-refractivity contribution in [1.82, 2.24) is 10.6 Å². The van der Waals surface area contributed by atoms with Crippen molar-refractivity contribution < 1.29 is 9.26 Å². The van der Waals surface area contributed by atoms with Gasteiger partial charge in [-0.15, -0.1) is 0 Å². The van der Waals surface area contributed by atoms with Crippen molar-refractivity contribution in [2.24, 2.45) is 10.8 Å². The van der Waals surface area contributed by atoms with Crippen molar-refractivity contribution in [2.75, 3.05) is 0 Å². The second kappa shape index (κ2) is 6.85. The van der Waals surface area contributed by atoms with Crippen LogP contribution >= 0.6 is 12.2 Å². The van der Waals surface area contributed by atoms with E-state index >= 15 is 0 Å². The van der Waals surface area contributed by atoms with E-state index in [1.807, 2.05) is 38.1 Å². The monoisotopic (exact) mass is 304 g/mol. The zero-order valence-electron chi connectivity index (χ0n) is 11.8. The second-order valence-electron chi connectivity index (χ2n) is 4.40. The van der Waals surface area contributed by atoms with Crippen molar-refractivity contribution >= 4 is 23.5 Å². The highest BCUT2D eigenvalue weighted by atomic mass is 32.1. The summed E-state index contributed by atoms with van der Waals surface area (Å²) in [6, 6.07) is 7.51. The molecule has 1 aromatic carbocycles. The molecule has 3 N–H and O–H groups in total. The van der Waals surface area contributed by atoms with Crippen molar-refractivity contribution in [3.8, 4) is 5.75 Å². The minimum atomic E-state index is 0.122. The highest BCUT2D eigenvalue weighted by Gasteiger charge is 2.09. The number of aromatic nitrogens is 1. The van der Waals surface area contributed by atoms with E-state index in [0.29, 0.717) is 6.61 Å². The second-order valence-corrected chi connectivity index (χ2v) is 4.84. The summed E-state index contributed by atoms with van der Waals surface area (Å²) in [6.07, 6.45) is 1.61. The van der Waals surface area contributed by atoms with E-state index in [-0.39, 0.29) is 5.11 Å². The summed E-state index contributed by atoms with van der Waals surface area (Å²) in [5.41, 5.74) is 10.5. The lowest BCUT2D eigenvalue weighted by Crippen LogP contribution is -2.23. The lowest BCUT2D eigenvalue weighted by Gasteiger charge is -2.06. The van der Waals surface area contributed by atoms with Crippen molar-refractivity contribution in [1.29, 1.82) is 0 Å². The van der Waals surface area contributed by atoms with E-state index in [4.69, 9.17) is 15.0 Å². The third-order valence-corrected chi connectivity index (χ3v) is 2.90. The van der Waals surface area contributed by atoms with Gasteiger partial charge < -0.3 is 15.0 Å². The molecule has 0 atom stereocenters. The van der Waals surface area contributed by atoms with Crippen LogP contribution in [0.25, 0.3) is 0 Å². The van der Waals surface area contributed by atoms with E-state index in [1.54, 1.807) is 6.21 Å². The molecule has 7 heteroatoms. The Morgan fingerprint density at radius 3 is 3.00 bits per heavy atom. The molecule has 1 heterocycles. The Balaban J connectivity index is 2.01. The topological polar surface area (TPSA) is 85.7 Å². The molecule has 6 nitrogen and oxygen atoms in total. The molecule has 0 saturated heterocycles. The van der Waals surface area contributed by atoms with Crippen molar-refractivity contribution in [3.63, 3.8) is 0 Å². The van der Waals surface area contributed by atoms with Crippen LogP contribution in [0, 0.1) is 13.8 Å². The van der Waals surface area contributed by atoms with E-state index in [9.17, 15) is 0 Å². The van der Waals surface area contributed by atoms with Gasteiger partial charge in [0.15, 0.2) is 5.11 Å². The summed E-state index contributed by atoms with van der Waals surface area (Å²) in [4.78, 5) is 0. The summed E-state index contributed by atoms with van der Waals surface area (Å²) in [5, 5.41) is 7.92. The maximum atomic E-state index is 5.75. The van der Waals surface area contributed by atoms with Gasteiger partial charge in [0.1, 0.15) is 18.1 Å². The molecule has 0 radical (unpaired) electrons. The maximum Gasteiger partial charge on any atom is 0.184 e. The zero-order chi connectivity index (χ0) is 15.2. The van der Waals surface area contributed by atoms with Gasteiger partial charge in [0.25, 0.3) is 0 Å². The summed E-state index contributed by atoms with van der Waals surface area (Å²) in [5.74, 6) is 1.50. The highest BCUT2D eigenvalue weighted by molar-refractivity contribution is 7.80. The number of hydrazone groups is 1. The summed E-state index contributed by atoms with van der Waals surface area (Å²) in [6.45, 7) is 4.16. The van der Waals surface area contributed by atoms with Crippen molar-refractivity contribution in [2.45, 2.75) is 20.5 Å². The molecule has 0 unspecified atom stereocenters. The SMILES string of the molecule is Cc1noc(C)c1COc1cccc(C=NNC(N)=S)c1. The molecule has 0 aliphatic heterocycles. The standard InChI is InChI=1S/C14H16N4O2S/c1-9-13(10(2)20-18-9)8-19-12-5-3-4-11(6-12)7-16-17-14(15)21/h3-7H,8H2,1-2H3,(H3,15,17,21). The van der Waals surface area contributed by atoms with Gasteiger partial charge in [-0.2, -0.15) is 5.10 Å². The van der Waals surface area contributed by atoms with Gasteiger partial charge in [0.2, 0.25) is 0 Å². The molecule has 110 valence electrons. The maximum absolute atomic E-state index is 5.75. The van der Waals surface area contributed by atoms with Gasteiger partial charge in [0.05, 0.1) is 17.5 Å². The summed E-state index contributed by atoms with van der Waals surface area (Å²) >= 11 is 4.66. The van der Waals surface area contributed by atoms with Crippen LogP contribution in [0.5, 0.6) is 5.75 Å². The van der Waals surface area contributed by atoms with Gasteiger partial charge in [-0.25, -0.2) is 0 Å². The Bertz CT molecular complexity index is 647. The molecule has 2 aromatic rings. The van der Waals surface area contributed by atoms with Crippen LogP contribution in [-0.2, 0) is 6.61 Å². The fraction of sp³-hybridized carbons (Fsp3) is 0.214. The number of aryl methyl sites for hydroxylation is 2. The summed E-state index contributed by atoms with van der Waals surface area (Å²) in [7, 11) is 0. The third-order valence-electron chi connectivity index (χ3n) is 2.81. The molecule has 0 bridgehead atoms. The van der Waals surface area contributed by atoms with Gasteiger partial charge in [0, 0.05) is 0 Å². The predicted octanol–water partition coefficient (Wildman–Crippen LogP) is 2.04. The Labute approximate surface area is 128 Å². The van der Waals surface area contributed by atoms with Gasteiger partial charge in [-0.1, -0.05) is 17.3 Å². The molecule has 0 spiro atoms. The predicted molar refractivity (Wildman–Crippen MR) is 84.3 cm³/mol. The molecule has 0 saturated carbocycles. The van der Waals surface area contributed by atoms with Gasteiger partial charge >= 0.3 is 0 Å². The average Bonchev–Trinajstić information content (AvgIpc) is 2.76. The first-order chi connectivity index (χ1) is 10.1. The third kappa shape index (κ3) is 4.28. The van der Waals surface area contributed by atoms with E-state index in [2.05, 4.69) is 27.9 Å². The number of hydrogen-bond acceptors (Lipinski definition) is 5. The number of nitrogens with two attached hydrogens (primary N) is 1. The Morgan fingerprint density at radius 1 is 1.52 bits per heavy atom. The molecular formula is C14H16N4O2S. The number of nitrogens with one attached hydrogen (secondary N) is 1. The zero-order valence-corrected chi connectivity index (χ0v) is 12.6. The highest BCUT2D eigenvalue weighted by Crippen LogP contribution is 2.17. The normalized spacial score (nSPS) is 10.8. The van der Waals surface area contributed by atoms with Crippen LogP contribution in [0.1, 0.15) is 22.6 Å². The molecular weight excluding hydrogens is 288 g/mol. The minimum Gasteiger partial charge on any atom is -0.489 e. The van der Waals surface area contributed by atoms with Crippen LogP contribution in [0.3, 0.4) is 0 Å². The first-order valence-corrected chi connectivity index (χ1v) is 6.70. The van der Waals surface area contributed by atoms with E-state index < -0.39 is 0 Å². The molecule has 0 fully saturated rings. The Morgan fingerprint density at radius 2 is 2.33 bits per heavy atom. The van der Waals surface area contributed by atoms with Crippen molar-refractivity contribution in [3.05, 3.63) is 46.8 Å². The van der Waals surface area contributed by atoms with Crippen LogP contribution < -0.4 is 15.9 Å². The lowest BCUT2D eigenvalue weighted by molar-refractivity contribution is 0.301. The van der Waals surface area contributed by atoms with Crippen LogP contribution in [0.15, 0.2) is 33.9 Å². The number of benzene rings is 1. The fourth-order valence-corrected chi connectivity index (χ4v) is 1.77. The number of hydrogen-bond donors (Lipinski definition) is 2.